The Bertz CT molecular complexity index is 2490. The molecule has 7 aromatic rings. The fourth-order valence-corrected chi connectivity index (χ4v) is 5.86. The second-order valence-corrected chi connectivity index (χ2v) is 12.4. The summed E-state index contributed by atoms with van der Waals surface area (Å²) in [6.07, 6.45) is 2.42. The average molecular weight is 735 g/mol. The summed E-state index contributed by atoms with van der Waals surface area (Å²) in [4.78, 5) is 22.7. The van der Waals surface area contributed by atoms with Gasteiger partial charge in [-0.25, -0.2) is 13.6 Å². The molecule has 258 valence electrons. The predicted octanol–water partition coefficient (Wildman–Crippen LogP) is 9.42. The van der Waals surface area contributed by atoms with E-state index in [0.717, 1.165) is 39.2 Å². The molecule has 0 N–H and O–H groups in total. The van der Waals surface area contributed by atoms with E-state index in [1.807, 2.05) is 12.1 Å². The summed E-state index contributed by atoms with van der Waals surface area (Å²) in [5.74, 6) is -1.03. The van der Waals surface area contributed by atoms with Crippen LogP contribution >= 0.6 is 23.2 Å². The molecule has 0 aliphatic carbocycles. The maximum absolute atomic E-state index is 13.3. The molecule has 7 rings (SSSR count). The highest BCUT2D eigenvalue weighted by molar-refractivity contribution is 6.31. The summed E-state index contributed by atoms with van der Waals surface area (Å²) < 4.78 is 34.3. The van der Waals surface area contributed by atoms with E-state index in [4.69, 9.17) is 27.9 Å². The Morgan fingerprint density at radius 3 is 1.65 bits per heavy atom. The molecule has 0 fully saturated rings. The van der Waals surface area contributed by atoms with Crippen molar-refractivity contribution in [1.29, 1.82) is 5.26 Å². The molecule has 0 saturated carbocycles. The van der Waals surface area contributed by atoms with Crippen molar-refractivity contribution in [3.05, 3.63) is 165 Å². The number of methoxy groups -OCH3 is 1. The van der Waals surface area contributed by atoms with E-state index in [1.165, 1.54) is 31.4 Å². The molecule has 8 nitrogen and oxygen atoms in total. The fraction of sp³-hybridized carbons (Fsp3) is 0.0750. The van der Waals surface area contributed by atoms with E-state index in [-0.39, 0.29) is 11.6 Å². The molecule has 2 heterocycles. The molecule has 12 heteroatoms. The first-order valence-electron chi connectivity index (χ1n) is 15.7. The van der Waals surface area contributed by atoms with Crippen LogP contribution in [0.25, 0.3) is 33.5 Å². The molecule has 0 atom stereocenters. The van der Waals surface area contributed by atoms with Crippen molar-refractivity contribution in [3.63, 3.8) is 0 Å². The van der Waals surface area contributed by atoms with Gasteiger partial charge in [0.1, 0.15) is 17.3 Å². The molecule has 0 aliphatic rings. The van der Waals surface area contributed by atoms with Crippen LogP contribution in [0.15, 0.2) is 109 Å². The minimum atomic E-state index is -0.443. The summed E-state index contributed by atoms with van der Waals surface area (Å²) >= 11 is 12.2. The highest BCUT2D eigenvalue weighted by Crippen LogP contribution is 2.28. The Hall–Kier alpha value is -6.15. The first-order chi connectivity index (χ1) is 25.1. The van der Waals surface area contributed by atoms with Crippen molar-refractivity contribution in [2.45, 2.75) is 13.1 Å². The van der Waals surface area contributed by atoms with Gasteiger partial charge in [-0.1, -0.05) is 59.6 Å². The molecule has 0 spiro atoms. The third-order valence-electron chi connectivity index (χ3n) is 8.11. The Kier molecular flexibility index (Phi) is 10.8. The van der Waals surface area contributed by atoms with Crippen molar-refractivity contribution in [1.82, 2.24) is 19.6 Å². The van der Waals surface area contributed by atoms with Gasteiger partial charge in [-0.3, -0.25) is 14.2 Å². The number of aldehydes is 1. The van der Waals surface area contributed by atoms with Gasteiger partial charge < -0.3 is 4.74 Å². The number of nitrogens with zero attached hydrogens (tertiary/aromatic N) is 5. The van der Waals surface area contributed by atoms with Crippen LogP contribution in [0.5, 0.6) is 0 Å². The highest BCUT2D eigenvalue weighted by Gasteiger charge is 2.14. The number of benzene rings is 5. The number of hydrogen-bond acceptors (Lipinski definition) is 6. The zero-order valence-electron chi connectivity index (χ0n) is 27.4. The van der Waals surface area contributed by atoms with Gasteiger partial charge in [-0.2, -0.15) is 15.5 Å². The smallest absolute Gasteiger partial charge is 0.337 e. The van der Waals surface area contributed by atoms with Gasteiger partial charge in [-0.15, -0.1) is 0 Å². The minimum absolute atomic E-state index is 0.282. The van der Waals surface area contributed by atoms with Gasteiger partial charge in [0.15, 0.2) is 6.29 Å². The van der Waals surface area contributed by atoms with Crippen molar-refractivity contribution < 1.29 is 23.1 Å². The van der Waals surface area contributed by atoms with Crippen molar-refractivity contribution >= 4 is 68.9 Å². The molecule has 2 aromatic heterocycles. The molecule has 0 bridgehead atoms. The summed E-state index contributed by atoms with van der Waals surface area (Å²) in [6, 6.07) is 31.9. The number of hydrogen-bond donors (Lipinski definition) is 0. The zero-order valence-corrected chi connectivity index (χ0v) is 28.9. The van der Waals surface area contributed by atoms with Crippen LogP contribution < -0.4 is 0 Å². The molecule has 52 heavy (non-hydrogen) atoms. The number of rotatable bonds is 8. The van der Waals surface area contributed by atoms with Crippen LogP contribution in [-0.2, 0) is 17.8 Å². The minimum Gasteiger partial charge on any atom is -0.465 e. The van der Waals surface area contributed by atoms with Crippen molar-refractivity contribution in [2.24, 2.45) is 0 Å². The van der Waals surface area contributed by atoms with Crippen molar-refractivity contribution in [3.8, 4) is 6.07 Å². The molecule has 0 amide bonds. The maximum Gasteiger partial charge on any atom is 0.337 e. The van der Waals surface area contributed by atoms with Gasteiger partial charge in [0.25, 0.3) is 0 Å². The second kappa shape index (κ2) is 15.8. The quantitative estimate of drug-likeness (QED) is 0.0876. The number of aromatic nitrogens is 4. The summed E-state index contributed by atoms with van der Waals surface area (Å²) in [5.41, 5.74) is 5.78. The Morgan fingerprint density at radius 1 is 0.731 bits per heavy atom. The third-order valence-corrected chi connectivity index (χ3v) is 8.58. The number of esters is 1. The second-order valence-electron chi connectivity index (χ2n) is 11.5. The molecular formula is C40H27Cl2F2N5O3. The third kappa shape index (κ3) is 8.08. The predicted molar refractivity (Wildman–Crippen MR) is 197 cm³/mol. The molecule has 0 aliphatic heterocycles. The van der Waals surface area contributed by atoms with Crippen LogP contribution in [0.4, 0.5) is 8.78 Å². The lowest BCUT2D eigenvalue weighted by Gasteiger charge is -2.04. The van der Waals surface area contributed by atoms with E-state index >= 15 is 0 Å². The Morgan fingerprint density at radius 2 is 1.19 bits per heavy atom. The van der Waals surface area contributed by atoms with Crippen LogP contribution in [0.1, 0.15) is 43.2 Å². The number of halogens is 4. The van der Waals surface area contributed by atoms with Gasteiger partial charge in [-0.05, 0) is 95.6 Å². The number of allylic oxidation sites excluding steroid dienone is 1. The first-order valence-corrected chi connectivity index (χ1v) is 16.5. The van der Waals surface area contributed by atoms with Gasteiger partial charge >= 0.3 is 5.97 Å². The Balaban J connectivity index is 0.000000198. The van der Waals surface area contributed by atoms with Crippen LogP contribution in [0.3, 0.4) is 0 Å². The maximum atomic E-state index is 13.3. The molecule has 5 aromatic carbocycles. The topological polar surface area (TPSA) is 103 Å². The van der Waals surface area contributed by atoms with E-state index in [2.05, 4.69) is 16.3 Å². The average Bonchev–Trinajstić information content (AvgIpc) is 3.68. The van der Waals surface area contributed by atoms with E-state index in [9.17, 15) is 23.6 Å². The lowest BCUT2D eigenvalue weighted by atomic mass is 10.0. The largest absolute Gasteiger partial charge is 0.465 e. The normalized spacial score (nSPS) is 11.2. The summed E-state index contributed by atoms with van der Waals surface area (Å²) in [6.45, 7) is 0.867. The van der Waals surface area contributed by atoms with Crippen molar-refractivity contribution in [2.75, 3.05) is 7.11 Å². The lowest BCUT2D eigenvalue weighted by Crippen LogP contribution is -2.02. The van der Waals surface area contributed by atoms with E-state index in [1.54, 1.807) is 88.2 Å². The van der Waals surface area contributed by atoms with Crippen LogP contribution in [0, 0.1) is 23.0 Å². The monoisotopic (exact) mass is 733 g/mol. The van der Waals surface area contributed by atoms with E-state index < -0.39 is 5.97 Å². The summed E-state index contributed by atoms with van der Waals surface area (Å²) in [5, 5.41) is 21.4. The Labute approximate surface area is 306 Å². The molecular weight excluding hydrogens is 707 g/mol. The SMILES string of the molecule is COC(=O)c1ccc(/C(C#N)=C/c2nn(Cc3ccc(F)cc3)c3cc(Cl)ccc23)cc1.O=Cc1nn(Cc2ccc(F)cc2)c2cc(Cl)ccc12. The van der Waals surface area contributed by atoms with Gasteiger partial charge in [0, 0.05) is 20.8 Å². The summed E-state index contributed by atoms with van der Waals surface area (Å²) in [7, 11) is 1.32. The molecule has 0 radical (unpaired) electrons. The molecule has 0 saturated heterocycles. The van der Waals surface area contributed by atoms with E-state index in [0.29, 0.717) is 51.2 Å². The number of nitriles is 1. The number of ether oxygens (including phenoxy) is 1. The van der Waals surface area contributed by atoms with Gasteiger partial charge in [0.05, 0.1) is 54.1 Å². The first kappa shape index (κ1) is 35.7. The number of fused-ring (bicyclic) bond motifs is 2. The number of carbonyl (C=O) groups excluding carboxylic acids is 2. The number of carbonyl (C=O) groups is 2. The lowest BCUT2D eigenvalue weighted by molar-refractivity contribution is 0.0600. The van der Waals surface area contributed by atoms with Crippen LogP contribution in [0.2, 0.25) is 10.0 Å². The zero-order chi connectivity index (χ0) is 36.8. The standard InChI is InChI=1S/C25H17ClFN3O2.C15H10ClFN2O/c1-32-25(31)18-6-4-17(5-7-18)19(14-28)12-23-22-11-8-20(26)13-24(22)30(29-23)15-16-2-9-21(27)10-3-16;16-11-3-6-13-14(9-20)18-19(15(13)7-11)8-10-1-4-12(17)5-2-10/h2-13H,15H2,1H3;1-7,9H,8H2/b19-12+;. The highest BCUT2D eigenvalue weighted by atomic mass is 35.5. The van der Waals surface area contributed by atoms with Crippen LogP contribution in [-0.4, -0.2) is 38.9 Å². The van der Waals surface area contributed by atoms with Gasteiger partial charge in [0.2, 0.25) is 0 Å². The molecule has 0 unspecified atom stereocenters. The fourth-order valence-electron chi connectivity index (χ4n) is 5.53.